The second-order valence-corrected chi connectivity index (χ2v) is 6.00. The molecule has 0 aliphatic heterocycles. The molecule has 0 heterocycles. The molecule has 4 nitrogen and oxygen atoms in total. The summed E-state index contributed by atoms with van der Waals surface area (Å²) in [6.07, 6.45) is 0. The summed E-state index contributed by atoms with van der Waals surface area (Å²) in [4.78, 5) is 0.194. The minimum Gasteiger partial charge on any atom is -0.398 e. The number of nitrogens with one attached hydrogen (secondary N) is 1. The van der Waals surface area contributed by atoms with Gasteiger partial charge in [0.25, 0.3) is 0 Å². The van der Waals surface area contributed by atoms with Gasteiger partial charge >= 0.3 is 0 Å². The molecule has 0 saturated carbocycles. The molecule has 17 heavy (non-hydrogen) atoms. The van der Waals surface area contributed by atoms with E-state index in [0.29, 0.717) is 5.69 Å². The summed E-state index contributed by atoms with van der Waals surface area (Å²) in [5.74, 6) is 0. The van der Waals surface area contributed by atoms with Crippen molar-refractivity contribution in [1.29, 1.82) is 0 Å². The Morgan fingerprint density at radius 3 is 2.47 bits per heavy atom. The number of rotatable bonds is 4. The zero-order valence-electron chi connectivity index (χ0n) is 10.4. The molecule has 3 N–H and O–H groups in total. The molecule has 0 unspecified atom stereocenters. The lowest BCUT2D eigenvalue weighted by atomic mass is 10.1. The van der Waals surface area contributed by atoms with Gasteiger partial charge in [-0.15, -0.1) is 0 Å². The fraction of sp³-hybridized carbons (Fsp3) is 0.333. The largest absolute Gasteiger partial charge is 0.398 e. The van der Waals surface area contributed by atoms with Crippen LogP contribution in [-0.4, -0.2) is 15.0 Å². The summed E-state index contributed by atoms with van der Waals surface area (Å²) in [7, 11) is -3.51. The Labute approximate surface area is 103 Å². The van der Waals surface area contributed by atoms with Gasteiger partial charge < -0.3 is 5.73 Å². The van der Waals surface area contributed by atoms with Crippen LogP contribution in [0.15, 0.2) is 29.2 Å². The second-order valence-electron chi connectivity index (χ2n) is 4.24. The van der Waals surface area contributed by atoms with Crippen LogP contribution in [0.2, 0.25) is 0 Å². The van der Waals surface area contributed by atoms with Crippen molar-refractivity contribution in [3.63, 3.8) is 0 Å². The van der Waals surface area contributed by atoms with Crippen LogP contribution >= 0.6 is 0 Å². The van der Waals surface area contributed by atoms with E-state index in [1.165, 1.54) is 6.07 Å². The molecule has 1 aromatic rings. The predicted octanol–water partition coefficient (Wildman–Crippen LogP) is 1.74. The molecule has 1 rings (SSSR count). The lowest BCUT2D eigenvalue weighted by Crippen LogP contribution is -2.25. The molecule has 0 radical (unpaired) electrons. The molecule has 0 saturated heterocycles. The number of hydrogen-bond donors (Lipinski definition) is 2. The summed E-state index contributed by atoms with van der Waals surface area (Å²) in [6, 6.07) is 3.09. The quantitative estimate of drug-likeness (QED) is 0.635. The van der Waals surface area contributed by atoms with E-state index in [1.54, 1.807) is 13.0 Å². The number of benzene rings is 1. The number of anilines is 1. The fourth-order valence-corrected chi connectivity index (χ4v) is 2.53. The van der Waals surface area contributed by atoms with Crippen molar-refractivity contribution < 1.29 is 8.42 Å². The average molecular weight is 254 g/mol. The highest BCUT2D eigenvalue weighted by Gasteiger charge is 2.15. The highest BCUT2D eigenvalue weighted by molar-refractivity contribution is 7.89. The van der Waals surface area contributed by atoms with Crippen LogP contribution < -0.4 is 10.5 Å². The fourth-order valence-electron chi connectivity index (χ4n) is 1.31. The molecule has 0 aromatic heterocycles. The van der Waals surface area contributed by atoms with Gasteiger partial charge in [0.1, 0.15) is 0 Å². The first-order chi connectivity index (χ1) is 7.74. The molecule has 0 bridgehead atoms. The van der Waals surface area contributed by atoms with Crippen molar-refractivity contribution in [2.75, 3.05) is 12.3 Å². The molecule has 0 atom stereocenters. The van der Waals surface area contributed by atoms with Gasteiger partial charge in [-0.05, 0) is 44.0 Å². The Balaban J connectivity index is 3.12. The van der Waals surface area contributed by atoms with E-state index in [1.807, 2.05) is 13.8 Å². The number of nitrogens with two attached hydrogens (primary N) is 1. The number of hydrogen-bond acceptors (Lipinski definition) is 3. The zero-order chi connectivity index (χ0) is 13.2. The van der Waals surface area contributed by atoms with Gasteiger partial charge in [-0.3, -0.25) is 0 Å². The molecule has 0 aliphatic rings. The van der Waals surface area contributed by atoms with Crippen molar-refractivity contribution in [3.8, 4) is 0 Å². The third kappa shape index (κ3) is 3.31. The van der Waals surface area contributed by atoms with E-state index >= 15 is 0 Å². The first-order valence-electron chi connectivity index (χ1n) is 5.25. The van der Waals surface area contributed by atoms with Crippen LogP contribution in [0.3, 0.4) is 0 Å². The van der Waals surface area contributed by atoms with Gasteiger partial charge in [0.2, 0.25) is 10.0 Å². The highest BCUT2D eigenvalue weighted by atomic mass is 32.2. The Bertz CT molecular complexity index is 525. The molecule has 5 heteroatoms. The molecule has 0 fully saturated rings. The van der Waals surface area contributed by atoms with Crippen molar-refractivity contribution in [1.82, 2.24) is 4.72 Å². The lowest BCUT2D eigenvalue weighted by Gasteiger charge is -2.10. The summed E-state index contributed by atoms with van der Waals surface area (Å²) >= 11 is 0. The van der Waals surface area contributed by atoms with Gasteiger partial charge in [-0.1, -0.05) is 12.2 Å². The summed E-state index contributed by atoms with van der Waals surface area (Å²) in [5, 5.41) is 0. The normalized spacial score (nSPS) is 11.5. The van der Waals surface area contributed by atoms with Crippen LogP contribution in [-0.2, 0) is 10.0 Å². The van der Waals surface area contributed by atoms with Gasteiger partial charge in [-0.2, -0.15) is 0 Å². The zero-order valence-corrected chi connectivity index (χ0v) is 11.2. The molecule has 0 spiro atoms. The Morgan fingerprint density at radius 2 is 2.00 bits per heavy atom. The lowest BCUT2D eigenvalue weighted by molar-refractivity contribution is 0.584. The Morgan fingerprint density at radius 1 is 1.41 bits per heavy atom. The molecule has 0 aliphatic carbocycles. The third-order valence-corrected chi connectivity index (χ3v) is 3.94. The first kappa shape index (κ1) is 13.7. The average Bonchev–Trinajstić information content (AvgIpc) is 2.22. The van der Waals surface area contributed by atoms with Crippen LogP contribution in [0, 0.1) is 13.8 Å². The summed E-state index contributed by atoms with van der Waals surface area (Å²) in [5.41, 5.74) is 8.77. The third-order valence-electron chi connectivity index (χ3n) is 2.56. The van der Waals surface area contributed by atoms with E-state index in [0.717, 1.165) is 16.7 Å². The van der Waals surface area contributed by atoms with Crippen molar-refractivity contribution in [3.05, 3.63) is 35.4 Å². The van der Waals surface area contributed by atoms with E-state index in [4.69, 9.17) is 5.73 Å². The van der Waals surface area contributed by atoms with Crippen LogP contribution in [0.4, 0.5) is 5.69 Å². The second kappa shape index (κ2) is 4.89. The molecule has 1 aromatic carbocycles. The van der Waals surface area contributed by atoms with Crippen LogP contribution in [0.1, 0.15) is 18.1 Å². The molecule has 0 amide bonds. The van der Waals surface area contributed by atoms with Crippen molar-refractivity contribution in [2.45, 2.75) is 25.7 Å². The van der Waals surface area contributed by atoms with Gasteiger partial charge in [0.05, 0.1) is 4.90 Å². The number of aryl methyl sites for hydroxylation is 1. The van der Waals surface area contributed by atoms with Crippen LogP contribution in [0.5, 0.6) is 0 Å². The topological polar surface area (TPSA) is 72.2 Å². The SMILES string of the molecule is C=C(C)CNS(=O)(=O)c1cc(C)c(C)c(N)c1. The Hall–Kier alpha value is -1.33. The van der Waals surface area contributed by atoms with E-state index in [2.05, 4.69) is 11.3 Å². The first-order valence-corrected chi connectivity index (χ1v) is 6.73. The molecule has 94 valence electrons. The molecular weight excluding hydrogens is 236 g/mol. The summed E-state index contributed by atoms with van der Waals surface area (Å²) in [6.45, 7) is 9.34. The van der Waals surface area contributed by atoms with Gasteiger partial charge in [0, 0.05) is 12.2 Å². The van der Waals surface area contributed by atoms with Gasteiger partial charge in [-0.25, -0.2) is 13.1 Å². The van der Waals surface area contributed by atoms with Gasteiger partial charge in [0.15, 0.2) is 0 Å². The summed E-state index contributed by atoms with van der Waals surface area (Å²) < 4.78 is 26.4. The van der Waals surface area contributed by atoms with Crippen molar-refractivity contribution in [2.24, 2.45) is 0 Å². The monoisotopic (exact) mass is 254 g/mol. The highest BCUT2D eigenvalue weighted by Crippen LogP contribution is 2.21. The maximum absolute atomic E-state index is 11.9. The maximum atomic E-state index is 11.9. The van der Waals surface area contributed by atoms with E-state index in [9.17, 15) is 8.42 Å². The minimum atomic E-state index is -3.51. The maximum Gasteiger partial charge on any atom is 0.240 e. The number of sulfonamides is 1. The smallest absolute Gasteiger partial charge is 0.240 e. The van der Waals surface area contributed by atoms with E-state index in [-0.39, 0.29) is 11.4 Å². The van der Waals surface area contributed by atoms with E-state index < -0.39 is 10.0 Å². The Kier molecular flexibility index (Phi) is 3.95. The standard InChI is InChI=1S/C12H18N2O2S/c1-8(2)7-14-17(15,16)11-5-9(3)10(4)12(13)6-11/h5-6,14H,1,7,13H2,2-4H3. The predicted molar refractivity (Wildman–Crippen MR) is 70.3 cm³/mol. The minimum absolute atomic E-state index is 0.194. The van der Waals surface area contributed by atoms with Crippen LogP contribution in [0.25, 0.3) is 0 Å². The molecular formula is C12H18N2O2S. The number of nitrogen functional groups attached to an aromatic ring is 1. The van der Waals surface area contributed by atoms with Crippen molar-refractivity contribution >= 4 is 15.7 Å².